The number of phenols is 1. The van der Waals surface area contributed by atoms with Gasteiger partial charge in [-0.25, -0.2) is 8.78 Å². The molecule has 0 aliphatic carbocycles. The number of aliphatic hydroxyl groups excluding tert-OH is 1. The minimum atomic E-state index is -0.954. The number of rotatable bonds is 3. The molecule has 2 N–H and O–H groups in total. The van der Waals surface area contributed by atoms with E-state index in [4.69, 9.17) is 16.7 Å². The summed E-state index contributed by atoms with van der Waals surface area (Å²) in [5.74, 6) is -2.52. The molecule has 0 saturated carbocycles. The van der Waals surface area contributed by atoms with Crippen molar-refractivity contribution in [3.05, 3.63) is 28.3 Å². The standard InChI is InChI=1S/C9H9ClF2O2/c10-6-4-7(11)9(14)5(8(6)12)2-1-3-13/h4,13-14H,1-3H2. The molecule has 0 saturated heterocycles. The van der Waals surface area contributed by atoms with Gasteiger partial charge in [-0.2, -0.15) is 0 Å². The van der Waals surface area contributed by atoms with Crippen LogP contribution in [0.1, 0.15) is 12.0 Å². The third-order valence-corrected chi connectivity index (χ3v) is 2.10. The maximum Gasteiger partial charge on any atom is 0.166 e. The molecule has 1 aromatic rings. The van der Waals surface area contributed by atoms with Crippen LogP contribution < -0.4 is 0 Å². The Labute approximate surface area is 84.7 Å². The van der Waals surface area contributed by atoms with E-state index in [1.807, 2.05) is 0 Å². The Hall–Kier alpha value is -0.870. The Morgan fingerprint density at radius 2 is 2.00 bits per heavy atom. The molecular weight excluding hydrogens is 214 g/mol. The van der Waals surface area contributed by atoms with Crippen molar-refractivity contribution < 1.29 is 19.0 Å². The number of hydrogen-bond acceptors (Lipinski definition) is 2. The Balaban J connectivity index is 3.11. The Morgan fingerprint density at radius 1 is 1.36 bits per heavy atom. The van der Waals surface area contributed by atoms with Gasteiger partial charge in [0.1, 0.15) is 5.82 Å². The summed E-state index contributed by atoms with van der Waals surface area (Å²) in [5.41, 5.74) is -0.191. The number of benzene rings is 1. The molecule has 0 aromatic heterocycles. The van der Waals surface area contributed by atoms with Crippen molar-refractivity contribution >= 4 is 11.6 Å². The minimum Gasteiger partial charge on any atom is -0.505 e. The Kier molecular flexibility index (Phi) is 3.66. The highest BCUT2D eigenvalue weighted by Crippen LogP contribution is 2.30. The molecule has 0 spiro atoms. The lowest BCUT2D eigenvalue weighted by molar-refractivity contribution is 0.287. The average Bonchev–Trinajstić information content (AvgIpc) is 2.15. The van der Waals surface area contributed by atoms with E-state index in [9.17, 15) is 13.9 Å². The van der Waals surface area contributed by atoms with Crippen molar-refractivity contribution in [3.63, 3.8) is 0 Å². The summed E-state index contributed by atoms with van der Waals surface area (Å²) in [4.78, 5) is 0. The third-order valence-electron chi connectivity index (χ3n) is 1.83. The first-order valence-corrected chi connectivity index (χ1v) is 4.42. The van der Waals surface area contributed by atoms with Crippen molar-refractivity contribution in [2.24, 2.45) is 0 Å². The van der Waals surface area contributed by atoms with Crippen molar-refractivity contribution in [1.82, 2.24) is 0 Å². The number of phenolic OH excluding ortho intramolecular Hbond substituents is 1. The topological polar surface area (TPSA) is 40.5 Å². The predicted molar refractivity (Wildman–Crippen MR) is 48.4 cm³/mol. The van der Waals surface area contributed by atoms with E-state index in [1.165, 1.54) is 0 Å². The highest BCUT2D eigenvalue weighted by atomic mass is 35.5. The van der Waals surface area contributed by atoms with Gasteiger partial charge in [0.25, 0.3) is 0 Å². The van der Waals surface area contributed by atoms with Crippen LogP contribution in [0.5, 0.6) is 5.75 Å². The van der Waals surface area contributed by atoms with Crippen LogP contribution in [0.2, 0.25) is 5.02 Å². The fraction of sp³-hybridized carbons (Fsp3) is 0.333. The van der Waals surface area contributed by atoms with Gasteiger partial charge in [-0.05, 0) is 18.9 Å². The summed E-state index contributed by atoms with van der Waals surface area (Å²) in [6, 6.07) is 0.717. The lowest BCUT2D eigenvalue weighted by Gasteiger charge is -2.07. The minimum absolute atomic E-state index is 0.0473. The van der Waals surface area contributed by atoms with E-state index < -0.39 is 17.4 Å². The van der Waals surface area contributed by atoms with Crippen LogP contribution in [0.4, 0.5) is 8.78 Å². The molecule has 0 heterocycles. The van der Waals surface area contributed by atoms with Gasteiger partial charge in [-0.15, -0.1) is 0 Å². The molecular formula is C9H9ClF2O2. The van der Waals surface area contributed by atoms with Gasteiger partial charge < -0.3 is 10.2 Å². The molecule has 0 amide bonds. The lowest BCUT2D eigenvalue weighted by Crippen LogP contribution is -1.97. The van der Waals surface area contributed by atoms with E-state index in [0.717, 1.165) is 0 Å². The number of aromatic hydroxyl groups is 1. The van der Waals surface area contributed by atoms with Crippen LogP contribution in [-0.2, 0) is 6.42 Å². The molecule has 0 atom stereocenters. The van der Waals surface area contributed by atoms with E-state index in [1.54, 1.807) is 0 Å². The molecule has 0 bridgehead atoms. The fourth-order valence-corrected chi connectivity index (χ4v) is 1.33. The maximum absolute atomic E-state index is 13.2. The molecule has 1 rings (SSSR count). The summed E-state index contributed by atoms with van der Waals surface area (Å²) in [6.07, 6.45) is 0.288. The summed E-state index contributed by atoms with van der Waals surface area (Å²) in [7, 11) is 0. The van der Waals surface area contributed by atoms with Gasteiger partial charge in [0.2, 0.25) is 0 Å². The number of halogens is 3. The van der Waals surface area contributed by atoms with Crippen molar-refractivity contribution in [3.8, 4) is 5.75 Å². The molecule has 5 heteroatoms. The molecule has 0 fully saturated rings. The Morgan fingerprint density at radius 3 is 2.57 bits per heavy atom. The molecule has 78 valence electrons. The van der Waals surface area contributed by atoms with Crippen LogP contribution >= 0.6 is 11.6 Å². The van der Waals surface area contributed by atoms with Gasteiger partial charge >= 0.3 is 0 Å². The molecule has 0 aliphatic rings. The molecule has 1 aromatic carbocycles. The van der Waals surface area contributed by atoms with E-state index >= 15 is 0 Å². The molecule has 0 unspecified atom stereocenters. The summed E-state index contributed by atoms with van der Waals surface area (Å²) >= 11 is 5.38. The zero-order valence-corrected chi connectivity index (χ0v) is 7.98. The fourth-order valence-electron chi connectivity index (χ4n) is 1.12. The zero-order valence-electron chi connectivity index (χ0n) is 7.23. The van der Waals surface area contributed by atoms with Crippen LogP contribution in [0, 0.1) is 11.6 Å². The largest absolute Gasteiger partial charge is 0.505 e. The first-order chi connectivity index (χ1) is 6.57. The van der Waals surface area contributed by atoms with Crippen molar-refractivity contribution in [2.45, 2.75) is 12.8 Å². The molecule has 0 aliphatic heterocycles. The quantitative estimate of drug-likeness (QED) is 0.770. The van der Waals surface area contributed by atoms with Gasteiger partial charge in [-0.1, -0.05) is 11.6 Å². The normalized spacial score (nSPS) is 10.6. The SMILES string of the molecule is OCCCc1c(O)c(F)cc(Cl)c1F. The van der Waals surface area contributed by atoms with Crippen molar-refractivity contribution in [2.75, 3.05) is 6.61 Å². The van der Waals surface area contributed by atoms with Crippen molar-refractivity contribution in [1.29, 1.82) is 0 Å². The first-order valence-electron chi connectivity index (χ1n) is 4.04. The maximum atomic E-state index is 13.2. The van der Waals surface area contributed by atoms with Gasteiger partial charge in [-0.3, -0.25) is 0 Å². The van der Waals surface area contributed by atoms with Crippen LogP contribution in [0.15, 0.2) is 6.07 Å². The average molecular weight is 223 g/mol. The van der Waals surface area contributed by atoms with Crippen LogP contribution in [-0.4, -0.2) is 16.8 Å². The third kappa shape index (κ3) is 2.13. The highest BCUT2D eigenvalue weighted by molar-refractivity contribution is 6.30. The Bertz CT molecular complexity index is 316. The van der Waals surface area contributed by atoms with E-state index in [-0.39, 0.29) is 30.0 Å². The molecule has 0 radical (unpaired) electrons. The second-order valence-corrected chi connectivity index (χ2v) is 3.22. The monoisotopic (exact) mass is 222 g/mol. The second kappa shape index (κ2) is 4.57. The van der Waals surface area contributed by atoms with Gasteiger partial charge in [0.05, 0.1) is 5.02 Å². The number of aliphatic hydroxyl groups is 1. The smallest absolute Gasteiger partial charge is 0.166 e. The molecule has 14 heavy (non-hydrogen) atoms. The highest BCUT2D eigenvalue weighted by Gasteiger charge is 2.16. The summed E-state index contributed by atoms with van der Waals surface area (Å²) < 4.78 is 26.1. The molecule has 2 nitrogen and oxygen atoms in total. The zero-order chi connectivity index (χ0) is 10.7. The van der Waals surface area contributed by atoms with Gasteiger partial charge in [0.15, 0.2) is 11.6 Å². The number of hydrogen-bond donors (Lipinski definition) is 2. The van der Waals surface area contributed by atoms with Gasteiger partial charge in [0, 0.05) is 12.2 Å². The second-order valence-electron chi connectivity index (χ2n) is 2.81. The van der Waals surface area contributed by atoms with Crippen LogP contribution in [0.25, 0.3) is 0 Å². The predicted octanol–water partition coefficient (Wildman–Crippen LogP) is 2.25. The summed E-state index contributed by atoms with van der Waals surface area (Å²) in [6.45, 7) is -0.160. The summed E-state index contributed by atoms with van der Waals surface area (Å²) in [5, 5.41) is 17.3. The van der Waals surface area contributed by atoms with E-state index in [0.29, 0.717) is 6.07 Å². The van der Waals surface area contributed by atoms with E-state index in [2.05, 4.69) is 0 Å². The van der Waals surface area contributed by atoms with Crippen LogP contribution in [0.3, 0.4) is 0 Å². The first kappa shape index (κ1) is 11.2. The lowest BCUT2D eigenvalue weighted by atomic mass is 10.1.